The molecule has 0 aromatic heterocycles. The van der Waals surface area contributed by atoms with Gasteiger partial charge in [-0.1, -0.05) is 18.2 Å². The highest BCUT2D eigenvalue weighted by Crippen LogP contribution is 1.96. The molecule has 0 atom stereocenters. The molecular formula is C6H8ClNO. The van der Waals surface area contributed by atoms with E-state index in [1.165, 1.54) is 13.2 Å². The zero-order valence-electron chi connectivity index (χ0n) is 5.22. The Morgan fingerprint density at radius 3 is 2.67 bits per heavy atom. The minimum absolute atomic E-state index is 0.278. The number of nitrogens with zero attached hydrogens (tertiary/aromatic N) is 1. The Labute approximate surface area is 59.5 Å². The van der Waals surface area contributed by atoms with E-state index in [4.69, 9.17) is 11.6 Å². The van der Waals surface area contributed by atoms with Gasteiger partial charge in [0.05, 0.1) is 7.11 Å². The maximum Gasteiger partial charge on any atom is 0.206 e. The van der Waals surface area contributed by atoms with Crippen molar-refractivity contribution in [3.8, 4) is 0 Å². The standard InChI is InChI=1S/C6H8ClNO/c1-4-6(7)8-5(2)9-3/h4H,1-2H2,3H3/b8-6+. The number of ether oxygens (including phenoxy) is 1. The molecule has 2 nitrogen and oxygen atoms in total. The maximum atomic E-state index is 5.43. The second kappa shape index (κ2) is 4.15. The highest BCUT2D eigenvalue weighted by molar-refractivity contribution is 6.68. The number of hydrogen-bond donors (Lipinski definition) is 0. The van der Waals surface area contributed by atoms with Crippen LogP contribution in [0.4, 0.5) is 0 Å². The fourth-order valence-electron chi connectivity index (χ4n) is 0.210. The molecule has 0 rings (SSSR count). The van der Waals surface area contributed by atoms with Gasteiger partial charge >= 0.3 is 0 Å². The lowest BCUT2D eigenvalue weighted by molar-refractivity contribution is 0.291. The van der Waals surface area contributed by atoms with Crippen LogP contribution in [0.2, 0.25) is 0 Å². The molecule has 50 valence electrons. The quantitative estimate of drug-likeness (QED) is 0.439. The molecule has 0 bridgehead atoms. The highest BCUT2D eigenvalue weighted by atomic mass is 35.5. The van der Waals surface area contributed by atoms with Crippen LogP contribution in [-0.2, 0) is 4.74 Å². The molecule has 0 aliphatic rings. The van der Waals surface area contributed by atoms with Crippen LogP contribution in [0.15, 0.2) is 30.1 Å². The predicted molar refractivity (Wildman–Crippen MR) is 39.6 cm³/mol. The van der Waals surface area contributed by atoms with Gasteiger partial charge in [-0.3, -0.25) is 0 Å². The first-order valence-corrected chi connectivity index (χ1v) is 2.68. The van der Waals surface area contributed by atoms with Crippen molar-refractivity contribution in [1.29, 1.82) is 0 Å². The third-order valence-electron chi connectivity index (χ3n) is 0.636. The Kier molecular flexibility index (Phi) is 3.80. The number of allylic oxidation sites excluding steroid dienone is 1. The zero-order chi connectivity index (χ0) is 7.28. The van der Waals surface area contributed by atoms with E-state index in [1.54, 1.807) is 0 Å². The molecule has 0 unspecified atom stereocenters. The van der Waals surface area contributed by atoms with Crippen molar-refractivity contribution in [1.82, 2.24) is 0 Å². The Morgan fingerprint density at radius 2 is 2.33 bits per heavy atom. The lowest BCUT2D eigenvalue weighted by Gasteiger charge is -1.94. The van der Waals surface area contributed by atoms with E-state index in [0.29, 0.717) is 0 Å². The summed E-state index contributed by atoms with van der Waals surface area (Å²) in [6, 6.07) is 0. The summed E-state index contributed by atoms with van der Waals surface area (Å²) in [7, 11) is 1.47. The highest BCUT2D eigenvalue weighted by Gasteiger charge is 1.86. The van der Waals surface area contributed by atoms with E-state index in [-0.39, 0.29) is 11.1 Å². The van der Waals surface area contributed by atoms with Crippen molar-refractivity contribution in [2.45, 2.75) is 0 Å². The molecule has 9 heavy (non-hydrogen) atoms. The van der Waals surface area contributed by atoms with Gasteiger partial charge in [-0.05, 0) is 12.7 Å². The van der Waals surface area contributed by atoms with Gasteiger partial charge in [0.1, 0.15) is 5.17 Å². The SMILES string of the molecule is C=C/C(Cl)=N\C(=C)OC. The lowest BCUT2D eigenvalue weighted by Crippen LogP contribution is -1.83. The molecule has 0 aromatic carbocycles. The molecule has 0 N–H and O–H groups in total. The zero-order valence-corrected chi connectivity index (χ0v) is 5.98. The van der Waals surface area contributed by atoms with Crippen LogP contribution in [0.25, 0.3) is 0 Å². The Morgan fingerprint density at radius 1 is 1.78 bits per heavy atom. The van der Waals surface area contributed by atoms with Crippen molar-refractivity contribution in [3.63, 3.8) is 0 Å². The number of methoxy groups -OCH3 is 1. The molecule has 0 aliphatic carbocycles. The third-order valence-corrected chi connectivity index (χ3v) is 0.874. The molecule has 0 aromatic rings. The molecule has 0 saturated carbocycles. The molecule has 0 aliphatic heterocycles. The van der Waals surface area contributed by atoms with E-state index < -0.39 is 0 Å². The Bertz CT molecular complexity index is 151. The van der Waals surface area contributed by atoms with E-state index in [9.17, 15) is 0 Å². The number of halogens is 1. The average molecular weight is 146 g/mol. The second-order valence-electron chi connectivity index (χ2n) is 1.24. The summed E-state index contributed by atoms with van der Waals surface area (Å²) < 4.78 is 4.61. The van der Waals surface area contributed by atoms with Crippen LogP contribution in [-0.4, -0.2) is 12.3 Å². The third kappa shape index (κ3) is 3.79. The van der Waals surface area contributed by atoms with Gasteiger partial charge in [-0.15, -0.1) is 0 Å². The van der Waals surface area contributed by atoms with Gasteiger partial charge in [0.15, 0.2) is 0 Å². The monoisotopic (exact) mass is 145 g/mol. The van der Waals surface area contributed by atoms with Crippen molar-refractivity contribution < 1.29 is 4.74 Å². The van der Waals surface area contributed by atoms with E-state index >= 15 is 0 Å². The molecule has 0 fully saturated rings. The van der Waals surface area contributed by atoms with Gasteiger partial charge in [0.2, 0.25) is 5.88 Å². The molecule has 3 heteroatoms. The van der Waals surface area contributed by atoms with Crippen LogP contribution in [0.3, 0.4) is 0 Å². The van der Waals surface area contributed by atoms with E-state index in [1.807, 2.05) is 0 Å². The average Bonchev–Trinajstić information content (AvgIpc) is 1.87. The molecule has 0 spiro atoms. The fourth-order valence-corrected chi connectivity index (χ4v) is 0.305. The minimum atomic E-state index is 0.278. The fraction of sp³-hybridized carbons (Fsp3) is 0.167. The molecule has 0 heterocycles. The van der Waals surface area contributed by atoms with Crippen LogP contribution in [0, 0.1) is 0 Å². The Hall–Kier alpha value is -0.760. The summed E-state index contributed by atoms with van der Waals surface area (Å²) in [6.45, 7) is 6.81. The molecule has 0 saturated heterocycles. The van der Waals surface area contributed by atoms with Crippen molar-refractivity contribution in [2.24, 2.45) is 4.99 Å². The van der Waals surface area contributed by atoms with Gasteiger partial charge in [0.25, 0.3) is 0 Å². The van der Waals surface area contributed by atoms with Crippen molar-refractivity contribution in [3.05, 3.63) is 25.1 Å². The van der Waals surface area contributed by atoms with Gasteiger partial charge in [0, 0.05) is 0 Å². The first kappa shape index (κ1) is 8.24. The topological polar surface area (TPSA) is 21.6 Å². The largest absolute Gasteiger partial charge is 0.481 e. The Balaban J connectivity index is 3.94. The van der Waals surface area contributed by atoms with Crippen molar-refractivity contribution >= 4 is 16.8 Å². The van der Waals surface area contributed by atoms with Crippen LogP contribution in [0.5, 0.6) is 0 Å². The van der Waals surface area contributed by atoms with Crippen LogP contribution >= 0.6 is 11.6 Å². The number of hydrogen-bond acceptors (Lipinski definition) is 2. The summed E-state index contributed by atoms with van der Waals surface area (Å²) in [6.07, 6.45) is 1.41. The van der Waals surface area contributed by atoms with Gasteiger partial charge < -0.3 is 4.74 Å². The lowest BCUT2D eigenvalue weighted by atomic mass is 10.7. The number of rotatable bonds is 3. The van der Waals surface area contributed by atoms with Crippen molar-refractivity contribution in [2.75, 3.05) is 7.11 Å². The van der Waals surface area contributed by atoms with Crippen LogP contribution in [0.1, 0.15) is 0 Å². The first-order valence-electron chi connectivity index (χ1n) is 2.30. The normalized spacial score (nSPS) is 10.7. The summed E-state index contributed by atoms with van der Waals surface area (Å²) in [4.78, 5) is 3.66. The predicted octanol–water partition coefficient (Wildman–Crippen LogP) is 1.93. The summed E-state index contributed by atoms with van der Waals surface area (Å²) in [5.74, 6) is 0.278. The first-order chi connectivity index (χ1) is 4.20. The molecule has 0 amide bonds. The number of aliphatic imine (C=N–C) groups is 1. The van der Waals surface area contributed by atoms with Crippen LogP contribution < -0.4 is 0 Å². The van der Waals surface area contributed by atoms with Gasteiger partial charge in [-0.2, -0.15) is 0 Å². The maximum absolute atomic E-state index is 5.43. The van der Waals surface area contributed by atoms with Gasteiger partial charge in [-0.25, -0.2) is 4.99 Å². The minimum Gasteiger partial charge on any atom is -0.481 e. The van der Waals surface area contributed by atoms with E-state index in [0.717, 1.165) is 0 Å². The molecule has 0 radical (unpaired) electrons. The van der Waals surface area contributed by atoms with E-state index in [2.05, 4.69) is 22.9 Å². The summed E-state index contributed by atoms with van der Waals surface area (Å²) in [5, 5.41) is 0.279. The second-order valence-corrected chi connectivity index (χ2v) is 1.62. The smallest absolute Gasteiger partial charge is 0.206 e. The summed E-state index contributed by atoms with van der Waals surface area (Å²) in [5.41, 5.74) is 0. The summed E-state index contributed by atoms with van der Waals surface area (Å²) >= 11 is 5.43. The molecular weight excluding hydrogens is 138 g/mol.